The van der Waals surface area contributed by atoms with E-state index >= 15 is 0 Å². The fourth-order valence-corrected chi connectivity index (χ4v) is 4.77. The van der Waals surface area contributed by atoms with Gasteiger partial charge in [-0.3, -0.25) is 9.59 Å². The second-order valence-corrected chi connectivity index (χ2v) is 9.49. The summed E-state index contributed by atoms with van der Waals surface area (Å²) in [6.07, 6.45) is 8.81. The first-order chi connectivity index (χ1) is 14.6. The Morgan fingerprint density at radius 1 is 0.800 bits per heavy atom. The zero-order chi connectivity index (χ0) is 21.3. The summed E-state index contributed by atoms with van der Waals surface area (Å²) in [7, 11) is 0. The maximum atomic E-state index is 11.8. The van der Waals surface area contributed by atoms with Crippen molar-refractivity contribution < 1.29 is 9.59 Å². The van der Waals surface area contributed by atoms with Gasteiger partial charge in [0.15, 0.2) is 0 Å². The van der Waals surface area contributed by atoms with E-state index in [4.69, 9.17) is 0 Å². The minimum atomic E-state index is 0.180. The molecule has 2 atom stereocenters. The molecule has 2 aromatic rings. The average Bonchev–Trinajstić information content (AvgIpc) is 2.75. The van der Waals surface area contributed by atoms with Crippen LogP contribution in [0.1, 0.15) is 60.3 Å². The van der Waals surface area contributed by atoms with Gasteiger partial charge in [0, 0.05) is 11.8 Å². The van der Waals surface area contributed by atoms with Gasteiger partial charge in [-0.05, 0) is 56.0 Å². The van der Waals surface area contributed by atoms with E-state index in [2.05, 4.69) is 20.4 Å². The van der Waals surface area contributed by atoms with Gasteiger partial charge in [0.05, 0.1) is 47.1 Å². The van der Waals surface area contributed by atoms with Crippen molar-refractivity contribution in [2.45, 2.75) is 50.4 Å². The van der Waals surface area contributed by atoms with Crippen molar-refractivity contribution in [2.24, 2.45) is 0 Å². The van der Waals surface area contributed by atoms with Gasteiger partial charge in [-0.25, -0.2) is 0 Å². The molecule has 0 aliphatic heterocycles. The number of ketones is 2. The quantitative estimate of drug-likeness (QED) is 0.549. The smallest absolute Gasteiger partial charge is 0.148 e. The third-order valence-electron chi connectivity index (χ3n) is 5.36. The molecule has 1 fully saturated rings. The number of nitrogens with zero attached hydrogens (tertiary/aromatic N) is 4. The molecule has 2 aromatic heterocycles. The molecule has 0 spiro atoms. The van der Waals surface area contributed by atoms with Crippen molar-refractivity contribution >= 4 is 35.1 Å². The fourth-order valence-electron chi connectivity index (χ4n) is 3.92. The van der Waals surface area contributed by atoms with Gasteiger partial charge in [0.1, 0.15) is 11.6 Å². The Bertz CT molecular complexity index is 774. The summed E-state index contributed by atoms with van der Waals surface area (Å²) in [6, 6.07) is 7.91. The molecule has 3 rings (SSSR count). The first-order valence-electron chi connectivity index (χ1n) is 10.2. The van der Waals surface area contributed by atoms with Gasteiger partial charge in [-0.2, -0.15) is 43.9 Å². The zero-order valence-corrected chi connectivity index (χ0v) is 19.2. The van der Waals surface area contributed by atoms with Crippen LogP contribution in [0.2, 0.25) is 0 Å². The van der Waals surface area contributed by atoms with Crippen LogP contribution < -0.4 is 0 Å². The number of rotatable bonds is 10. The van der Waals surface area contributed by atoms with Gasteiger partial charge in [-0.1, -0.05) is 6.42 Å². The highest BCUT2D eigenvalue weighted by Crippen LogP contribution is 2.39. The second kappa shape index (κ2) is 11.6. The Labute approximate surface area is 186 Å². The van der Waals surface area contributed by atoms with Crippen molar-refractivity contribution in [3.63, 3.8) is 0 Å². The topological polar surface area (TPSA) is 85.7 Å². The number of carbonyl (C=O) groups is 2. The van der Waals surface area contributed by atoms with E-state index in [0.717, 1.165) is 48.5 Å². The van der Waals surface area contributed by atoms with Crippen LogP contribution in [-0.4, -0.2) is 56.0 Å². The Balaban J connectivity index is 1.59. The number of aromatic nitrogens is 4. The highest BCUT2D eigenvalue weighted by molar-refractivity contribution is 7.99. The lowest BCUT2D eigenvalue weighted by atomic mass is 9.78. The fraction of sp³-hybridized carbons (Fsp3) is 0.545. The molecule has 2 heterocycles. The van der Waals surface area contributed by atoms with E-state index in [0.29, 0.717) is 36.2 Å². The predicted octanol–water partition coefficient (Wildman–Crippen LogP) is 3.66. The summed E-state index contributed by atoms with van der Waals surface area (Å²) < 4.78 is 0. The lowest BCUT2D eigenvalue weighted by molar-refractivity contribution is -0.116. The minimum absolute atomic E-state index is 0.180. The number of hydrogen-bond acceptors (Lipinski definition) is 8. The molecule has 0 saturated heterocycles. The van der Waals surface area contributed by atoms with Crippen molar-refractivity contribution in [1.82, 2.24) is 20.4 Å². The Morgan fingerprint density at radius 2 is 1.27 bits per heavy atom. The molecule has 30 heavy (non-hydrogen) atoms. The summed E-state index contributed by atoms with van der Waals surface area (Å²) >= 11 is 3.06. The Kier molecular flexibility index (Phi) is 8.81. The molecule has 0 bridgehead atoms. The van der Waals surface area contributed by atoms with Gasteiger partial charge in [0.2, 0.25) is 0 Å². The van der Waals surface area contributed by atoms with Gasteiger partial charge < -0.3 is 0 Å². The third kappa shape index (κ3) is 6.60. The highest BCUT2D eigenvalue weighted by Gasteiger charge is 2.26. The summed E-state index contributed by atoms with van der Waals surface area (Å²) in [5, 5.41) is 17.4. The van der Waals surface area contributed by atoms with Crippen molar-refractivity contribution in [3.8, 4) is 0 Å². The van der Waals surface area contributed by atoms with Crippen molar-refractivity contribution in [2.75, 3.05) is 24.0 Å². The standard InChI is InChI=1S/C22H28N4O2S2/c1-29-13-19(27)11-17-6-8-21(25-23-17)15-4-3-5-16(10-15)22-9-7-18(24-26-22)12-20(28)14-30-2/h6-9,15-16H,3-5,10-14H2,1-2H3/t15-,16-/m1/s1. The van der Waals surface area contributed by atoms with E-state index in [-0.39, 0.29) is 11.6 Å². The van der Waals surface area contributed by atoms with E-state index in [1.807, 2.05) is 36.8 Å². The molecular weight excluding hydrogens is 416 g/mol. The molecule has 1 aliphatic rings. The summed E-state index contributed by atoms with van der Waals surface area (Å²) in [5.74, 6) is 2.08. The molecule has 0 aromatic carbocycles. The SMILES string of the molecule is CSCC(=O)Cc1ccc([C@@H]2CCC[C@@H](c3ccc(CC(=O)CSC)nn3)C2)nn1. The number of thioether (sulfide) groups is 2. The molecule has 1 saturated carbocycles. The lowest BCUT2D eigenvalue weighted by Gasteiger charge is -2.28. The Hall–Kier alpha value is -1.80. The molecular formula is C22H28N4O2S2. The van der Waals surface area contributed by atoms with Gasteiger partial charge >= 0.3 is 0 Å². The van der Waals surface area contributed by atoms with Gasteiger partial charge in [-0.15, -0.1) is 0 Å². The monoisotopic (exact) mass is 444 g/mol. The van der Waals surface area contributed by atoms with Crippen molar-refractivity contribution in [1.29, 1.82) is 0 Å². The van der Waals surface area contributed by atoms with Crippen LogP contribution in [0.5, 0.6) is 0 Å². The van der Waals surface area contributed by atoms with Crippen LogP contribution >= 0.6 is 23.5 Å². The third-order valence-corrected chi connectivity index (χ3v) is 6.58. The van der Waals surface area contributed by atoms with Crippen LogP contribution in [-0.2, 0) is 22.4 Å². The first kappa shape index (κ1) is 22.9. The summed E-state index contributed by atoms with van der Waals surface area (Å²) in [6.45, 7) is 0. The van der Waals surface area contributed by atoms with Crippen LogP contribution in [0.4, 0.5) is 0 Å². The number of hydrogen-bond donors (Lipinski definition) is 0. The zero-order valence-electron chi connectivity index (χ0n) is 17.5. The number of Topliss-reactive ketones (excluding diaryl/α,β-unsaturated/α-hetero) is 2. The van der Waals surface area contributed by atoms with Crippen LogP contribution in [0.15, 0.2) is 24.3 Å². The molecule has 0 radical (unpaired) electrons. The number of carbonyl (C=O) groups excluding carboxylic acids is 2. The summed E-state index contributed by atoms with van der Waals surface area (Å²) in [5.41, 5.74) is 3.46. The van der Waals surface area contributed by atoms with Gasteiger partial charge in [0.25, 0.3) is 0 Å². The average molecular weight is 445 g/mol. The molecule has 0 unspecified atom stereocenters. The largest absolute Gasteiger partial charge is 0.298 e. The van der Waals surface area contributed by atoms with Crippen LogP contribution in [0, 0.1) is 0 Å². The molecule has 0 amide bonds. The highest BCUT2D eigenvalue weighted by atomic mass is 32.2. The van der Waals surface area contributed by atoms with Crippen LogP contribution in [0.25, 0.3) is 0 Å². The molecule has 0 N–H and O–H groups in total. The molecule has 160 valence electrons. The van der Waals surface area contributed by atoms with Crippen LogP contribution in [0.3, 0.4) is 0 Å². The van der Waals surface area contributed by atoms with E-state index < -0.39 is 0 Å². The molecule has 1 aliphatic carbocycles. The Morgan fingerprint density at radius 3 is 1.63 bits per heavy atom. The van der Waals surface area contributed by atoms with E-state index in [1.54, 1.807) is 0 Å². The predicted molar refractivity (Wildman–Crippen MR) is 122 cm³/mol. The summed E-state index contributed by atoms with van der Waals surface area (Å²) in [4.78, 5) is 23.6. The lowest BCUT2D eigenvalue weighted by Crippen LogP contribution is -2.17. The normalized spacial score (nSPS) is 18.9. The first-order valence-corrected chi connectivity index (χ1v) is 13.0. The molecule has 6 nitrogen and oxygen atoms in total. The molecule has 8 heteroatoms. The minimum Gasteiger partial charge on any atom is -0.298 e. The second-order valence-electron chi connectivity index (χ2n) is 7.76. The van der Waals surface area contributed by atoms with E-state index in [1.165, 1.54) is 23.5 Å². The maximum absolute atomic E-state index is 11.8. The maximum Gasteiger partial charge on any atom is 0.148 e. The van der Waals surface area contributed by atoms with Crippen molar-refractivity contribution in [3.05, 3.63) is 47.0 Å². The van der Waals surface area contributed by atoms with E-state index in [9.17, 15) is 9.59 Å².